The normalized spacial score (nSPS) is 10.2. The van der Waals surface area contributed by atoms with Crippen molar-refractivity contribution in [3.05, 3.63) is 53.7 Å². The first-order valence-electron chi connectivity index (χ1n) is 6.51. The molecule has 0 aliphatic carbocycles. The Balaban J connectivity index is 1.88. The van der Waals surface area contributed by atoms with Gasteiger partial charge in [0.15, 0.2) is 0 Å². The van der Waals surface area contributed by atoms with E-state index in [4.69, 9.17) is 11.5 Å². The molecule has 0 saturated heterocycles. The van der Waals surface area contributed by atoms with Crippen LogP contribution in [0.5, 0.6) is 0 Å². The van der Waals surface area contributed by atoms with Gasteiger partial charge in [-0.3, -0.25) is 4.79 Å². The summed E-state index contributed by atoms with van der Waals surface area (Å²) in [5, 5.41) is 3.13. The molecule has 5 heteroatoms. The lowest BCUT2D eigenvalue weighted by Gasteiger charge is -2.09. The zero-order chi connectivity index (χ0) is 14.4. The molecule has 1 heterocycles. The summed E-state index contributed by atoms with van der Waals surface area (Å²) < 4.78 is 0. The highest BCUT2D eigenvalue weighted by Gasteiger charge is 2.06. The van der Waals surface area contributed by atoms with Crippen molar-refractivity contribution in [1.82, 2.24) is 4.98 Å². The van der Waals surface area contributed by atoms with Crippen molar-refractivity contribution < 1.29 is 4.79 Å². The second-order valence-corrected chi connectivity index (χ2v) is 4.51. The topological polar surface area (TPSA) is 94.0 Å². The van der Waals surface area contributed by atoms with Gasteiger partial charge >= 0.3 is 0 Å². The number of primary amides is 1. The lowest BCUT2D eigenvalue weighted by Crippen LogP contribution is -2.15. The summed E-state index contributed by atoms with van der Waals surface area (Å²) in [6, 6.07) is 13.4. The molecule has 0 radical (unpaired) electrons. The number of anilines is 2. The summed E-state index contributed by atoms with van der Waals surface area (Å²) in [7, 11) is 0. The van der Waals surface area contributed by atoms with E-state index in [0.717, 1.165) is 19.4 Å². The molecule has 0 aliphatic heterocycles. The van der Waals surface area contributed by atoms with E-state index in [1.165, 1.54) is 11.6 Å². The molecule has 1 amide bonds. The van der Waals surface area contributed by atoms with Gasteiger partial charge in [0.1, 0.15) is 11.5 Å². The van der Waals surface area contributed by atoms with Crippen molar-refractivity contribution >= 4 is 17.4 Å². The van der Waals surface area contributed by atoms with Crippen molar-refractivity contribution in [2.45, 2.75) is 12.8 Å². The van der Waals surface area contributed by atoms with Crippen LogP contribution in [0.2, 0.25) is 0 Å². The van der Waals surface area contributed by atoms with Crippen LogP contribution in [0.1, 0.15) is 22.5 Å². The predicted molar refractivity (Wildman–Crippen MR) is 80.4 cm³/mol. The molecule has 5 N–H and O–H groups in total. The fourth-order valence-electron chi connectivity index (χ4n) is 1.89. The van der Waals surface area contributed by atoms with E-state index < -0.39 is 5.91 Å². The van der Waals surface area contributed by atoms with Gasteiger partial charge in [0.25, 0.3) is 5.91 Å². The third-order valence-electron chi connectivity index (χ3n) is 2.96. The molecule has 1 aromatic carbocycles. The Morgan fingerprint density at radius 3 is 2.60 bits per heavy atom. The van der Waals surface area contributed by atoms with E-state index in [-0.39, 0.29) is 5.69 Å². The van der Waals surface area contributed by atoms with Crippen molar-refractivity contribution in [3.63, 3.8) is 0 Å². The summed E-state index contributed by atoms with van der Waals surface area (Å²) in [6.45, 7) is 0.730. The first kappa shape index (κ1) is 13.9. The van der Waals surface area contributed by atoms with Crippen LogP contribution in [0.4, 0.5) is 11.5 Å². The van der Waals surface area contributed by atoms with Gasteiger partial charge in [-0.2, -0.15) is 0 Å². The number of nitrogen functional groups attached to an aromatic ring is 1. The number of pyridine rings is 1. The molecule has 0 aliphatic rings. The van der Waals surface area contributed by atoms with Crippen LogP contribution in [0.3, 0.4) is 0 Å². The first-order chi connectivity index (χ1) is 9.66. The minimum absolute atomic E-state index is 0.213. The second-order valence-electron chi connectivity index (χ2n) is 4.51. The van der Waals surface area contributed by atoms with Crippen molar-refractivity contribution in [3.8, 4) is 0 Å². The molecule has 2 rings (SSSR count). The highest BCUT2D eigenvalue weighted by Crippen LogP contribution is 2.15. The Bertz CT molecular complexity index is 584. The monoisotopic (exact) mass is 270 g/mol. The number of amides is 1. The molecule has 104 valence electrons. The van der Waals surface area contributed by atoms with Crippen LogP contribution in [0.25, 0.3) is 0 Å². The Hall–Kier alpha value is -2.56. The van der Waals surface area contributed by atoms with Gasteiger partial charge in [0, 0.05) is 6.54 Å². The minimum Gasteiger partial charge on any atom is -0.396 e. The predicted octanol–water partition coefficient (Wildman–Crippen LogP) is 1.81. The third-order valence-corrected chi connectivity index (χ3v) is 2.96. The van der Waals surface area contributed by atoms with E-state index in [2.05, 4.69) is 22.4 Å². The molecule has 1 aromatic heterocycles. The number of nitrogens with two attached hydrogens (primary N) is 2. The summed E-state index contributed by atoms with van der Waals surface area (Å²) >= 11 is 0. The molecule has 2 aromatic rings. The zero-order valence-electron chi connectivity index (χ0n) is 11.2. The van der Waals surface area contributed by atoms with E-state index in [1.807, 2.05) is 18.2 Å². The van der Waals surface area contributed by atoms with Crippen LogP contribution in [0, 0.1) is 0 Å². The number of carbonyl (C=O) groups is 1. The molecule has 0 saturated carbocycles. The molecule has 5 nitrogen and oxygen atoms in total. The van der Waals surface area contributed by atoms with Gasteiger partial charge in [-0.15, -0.1) is 0 Å². The number of nitrogens with zero attached hydrogens (tertiary/aromatic N) is 1. The molecular weight excluding hydrogens is 252 g/mol. The summed E-state index contributed by atoms with van der Waals surface area (Å²) in [4.78, 5) is 15.2. The number of aromatic nitrogens is 1. The fourth-order valence-corrected chi connectivity index (χ4v) is 1.89. The van der Waals surface area contributed by atoms with E-state index in [9.17, 15) is 4.79 Å². The molecule has 0 atom stereocenters. The molecule has 0 spiro atoms. The van der Waals surface area contributed by atoms with Gasteiger partial charge in [-0.25, -0.2) is 4.98 Å². The van der Waals surface area contributed by atoms with Crippen molar-refractivity contribution in [2.24, 2.45) is 5.73 Å². The maximum atomic E-state index is 11.1. The van der Waals surface area contributed by atoms with Gasteiger partial charge in [-0.1, -0.05) is 30.3 Å². The smallest absolute Gasteiger partial charge is 0.267 e. The Labute approximate surface area is 118 Å². The van der Waals surface area contributed by atoms with Crippen LogP contribution in [-0.2, 0) is 6.42 Å². The maximum Gasteiger partial charge on any atom is 0.267 e. The zero-order valence-corrected chi connectivity index (χ0v) is 11.2. The van der Waals surface area contributed by atoms with E-state index in [0.29, 0.717) is 11.5 Å². The molecule has 0 fully saturated rings. The van der Waals surface area contributed by atoms with Crippen LogP contribution < -0.4 is 16.8 Å². The van der Waals surface area contributed by atoms with Crippen LogP contribution in [-0.4, -0.2) is 17.4 Å². The average molecular weight is 270 g/mol. The average Bonchev–Trinajstić information content (AvgIpc) is 2.46. The Morgan fingerprint density at radius 1 is 1.15 bits per heavy atom. The summed E-state index contributed by atoms with van der Waals surface area (Å²) in [6.07, 6.45) is 1.93. The van der Waals surface area contributed by atoms with E-state index in [1.54, 1.807) is 6.07 Å². The van der Waals surface area contributed by atoms with Gasteiger partial charge in [0.05, 0.1) is 5.69 Å². The highest BCUT2D eigenvalue weighted by atomic mass is 16.1. The maximum absolute atomic E-state index is 11.1. The molecule has 0 unspecified atom stereocenters. The first-order valence-corrected chi connectivity index (χ1v) is 6.51. The lowest BCUT2D eigenvalue weighted by molar-refractivity contribution is 0.0996. The Morgan fingerprint density at radius 2 is 1.90 bits per heavy atom. The SMILES string of the molecule is NC(=O)c1ccc(N)c(NCCCc2ccccc2)n1. The number of rotatable bonds is 6. The van der Waals surface area contributed by atoms with Gasteiger partial charge in [-0.05, 0) is 30.5 Å². The summed E-state index contributed by atoms with van der Waals surface area (Å²) in [5.74, 6) is -0.0494. The number of benzene rings is 1. The third kappa shape index (κ3) is 3.71. The molecule has 0 bridgehead atoms. The number of aryl methyl sites for hydroxylation is 1. The fraction of sp³-hybridized carbons (Fsp3) is 0.200. The minimum atomic E-state index is -0.558. The number of carbonyl (C=O) groups excluding carboxylic acids is 1. The lowest BCUT2D eigenvalue weighted by atomic mass is 10.1. The standard InChI is InChI=1S/C15H18N4O/c16-12-8-9-13(14(17)20)19-15(12)18-10-4-7-11-5-2-1-3-6-11/h1-3,5-6,8-9H,4,7,10,16H2,(H2,17,20)(H,18,19). The van der Waals surface area contributed by atoms with Crippen molar-refractivity contribution in [1.29, 1.82) is 0 Å². The number of nitrogens with one attached hydrogen (secondary N) is 1. The number of hydrogen-bond donors (Lipinski definition) is 3. The highest BCUT2D eigenvalue weighted by molar-refractivity contribution is 5.91. The molecule has 20 heavy (non-hydrogen) atoms. The van der Waals surface area contributed by atoms with Gasteiger partial charge < -0.3 is 16.8 Å². The van der Waals surface area contributed by atoms with Crippen LogP contribution >= 0.6 is 0 Å². The van der Waals surface area contributed by atoms with E-state index >= 15 is 0 Å². The number of hydrogen-bond acceptors (Lipinski definition) is 4. The Kier molecular flexibility index (Phi) is 4.55. The van der Waals surface area contributed by atoms with Crippen LogP contribution in [0.15, 0.2) is 42.5 Å². The largest absolute Gasteiger partial charge is 0.396 e. The summed E-state index contributed by atoms with van der Waals surface area (Å²) in [5.41, 5.74) is 13.0. The quantitative estimate of drug-likeness (QED) is 0.698. The van der Waals surface area contributed by atoms with Gasteiger partial charge in [0.2, 0.25) is 0 Å². The second kappa shape index (κ2) is 6.56. The molecular formula is C15H18N4O. The van der Waals surface area contributed by atoms with Crippen molar-refractivity contribution in [2.75, 3.05) is 17.6 Å².